The summed E-state index contributed by atoms with van der Waals surface area (Å²) in [5, 5.41) is 14.6. The van der Waals surface area contributed by atoms with Gasteiger partial charge >= 0.3 is 0 Å². The lowest BCUT2D eigenvalue weighted by Crippen LogP contribution is -2.28. The zero-order valence-electron chi connectivity index (χ0n) is 18.6. The molecule has 0 atom stereocenters. The van der Waals surface area contributed by atoms with Gasteiger partial charge in [-0.1, -0.05) is 12.1 Å². The maximum Gasteiger partial charge on any atom is 0.231 e. The smallest absolute Gasteiger partial charge is 0.231 e. The topological polar surface area (TPSA) is 89.5 Å². The molecule has 0 saturated heterocycles. The molecule has 0 spiro atoms. The van der Waals surface area contributed by atoms with E-state index in [1.54, 1.807) is 7.11 Å². The lowest BCUT2D eigenvalue weighted by Gasteiger charge is -2.28. The van der Waals surface area contributed by atoms with Crippen LogP contribution in [0.15, 0.2) is 36.4 Å². The van der Waals surface area contributed by atoms with E-state index in [0.29, 0.717) is 19.0 Å². The van der Waals surface area contributed by atoms with Crippen molar-refractivity contribution in [2.24, 2.45) is 5.73 Å². The van der Waals surface area contributed by atoms with Crippen LogP contribution in [0.25, 0.3) is 22.0 Å². The summed E-state index contributed by atoms with van der Waals surface area (Å²) in [6.45, 7) is 0.457. The van der Waals surface area contributed by atoms with E-state index in [1.807, 2.05) is 22.8 Å². The Morgan fingerprint density at radius 1 is 1.12 bits per heavy atom. The predicted octanol–water partition coefficient (Wildman–Crippen LogP) is 4.47. The number of hydrogen-bond acceptors (Lipinski definition) is 5. The van der Waals surface area contributed by atoms with Crippen LogP contribution >= 0.6 is 0 Å². The number of aliphatic hydroxyl groups excluding tert-OH is 1. The first-order chi connectivity index (χ1) is 15.6. The second-order valence-electron chi connectivity index (χ2n) is 9.01. The zero-order valence-corrected chi connectivity index (χ0v) is 18.6. The van der Waals surface area contributed by atoms with Gasteiger partial charge in [-0.15, -0.1) is 0 Å². The molecule has 168 valence electrons. The maximum absolute atomic E-state index is 12.8. The van der Waals surface area contributed by atoms with E-state index in [4.69, 9.17) is 10.5 Å². The van der Waals surface area contributed by atoms with Crippen LogP contribution in [-0.2, 0) is 13.0 Å². The standard InChI is InChI=1S/C26H31N3O3/c1-32-20-11-12-23-21(14-20)26(24-3-2-4-25(31)29(23)24)16-5-6-17(15-27)22(13-16)28-18-7-9-19(30)10-8-18/h5-6,11-14,18-19,28,30H,2-4,7-10,15,27H2,1H3. The van der Waals surface area contributed by atoms with Crippen molar-refractivity contribution in [3.8, 4) is 16.9 Å². The molecule has 3 aromatic rings. The third-order valence-corrected chi connectivity index (χ3v) is 7.00. The van der Waals surface area contributed by atoms with Gasteiger partial charge in [0, 0.05) is 41.3 Å². The van der Waals surface area contributed by atoms with Gasteiger partial charge in [0.25, 0.3) is 0 Å². The zero-order chi connectivity index (χ0) is 22.2. The first-order valence-corrected chi connectivity index (χ1v) is 11.6. The maximum atomic E-state index is 12.8. The Hall–Kier alpha value is -2.83. The number of ether oxygens (including phenoxy) is 1. The number of benzene rings is 2. The molecule has 6 nitrogen and oxygen atoms in total. The van der Waals surface area contributed by atoms with Gasteiger partial charge in [0.1, 0.15) is 5.75 Å². The van der Waals surface area contributed by atoms with Crippen molar-refractivity contribution in [2.45, 2.75) is 63.6 Å². The van der Waals surface area contributed by atoms with Crippen molar-refractivity contribution in [2.75, 3.05) is 12.4 Å². The van der Waals surface area contributed by atoms with Crippen LogP contribution in [0.3, 0.4) is 0 Å². The molecule has 0 unspecified atom stereocenters. The summed E-state index contributed by atoms with van der Waals surface area (Å²) < 4.78 is 7.40. The van der Waals surface area contributed by atoms with Crippen LogP contribution in [0.1, 0.15) is 54.6 Å². The van der Waals surface area contributed by atoms with Crippen LogP contribution in [0, 0.1) is 0 Å². The lowest BCUT2D eigenvalue weighted by atomic mass is 9.92. The number of fused-ring (bicyclic) bond motifs is 3. The molecule has 6 heteroatoms. The highest BCUT2D eigenvalue weighted by atomic mass is 16.5. The molecule has 2 aromatic carbocycles. The number of hydrogen-bond donors (Lipinski definition) is 3. The number of methoxy groups -OCH3 is 1. The Bertz CT molecular complexity index is 1160. The van der Waals surface area contributed by atoms with Gasteiger partial charge in [0.05, 0.1) is 18.7 Å². The fourth-order valence-electron chi connectivity index (χ4n) is 5.30. The third kappa shape index (κ3) is 3.67. The van der Waals surface area contributed by atoms with Crippen molar-refractivity contribution in [3.63, 3.8) is 0 Å². The molecule has 5 rings (SSSR count). The van der Waals surface area contributed by atoms with E-state index < -0.39 is 0 Å². The number of nitrogens with two attached hydrogens (primary N) is 1. The van der Waals surface area contributed by atoms with Crippen molar-refractivity contribution < 1.29 is 14.6 Å². The van der Waals surface area contributed by atoms with Crippen LogP contribution in [-0.4, -0.2) is 34.8 Å². The minimum absolute atomic E-state index is 0.158. The van der Waals surface area contributed by atoms with Crippen LogP contribution in [0.2, 0.25) is 0 Å². The largest absolute Gasteiger partial charge is 0.497 e. The van der Waals surface area contributed by atoms with Crippen molar-refractivity contribution in [1.82, 2.24) is 4.57 Å². The molecule has 1 saturated carbocycles. The second kappa shape index (κ2) is 8.60. The highest BCUT2D eigenvalue weighted by Gasteiger charge is 2.26. The first kappa shape index (κ1) is 21.0. The van der Waals surface area contributed by atoms with Crippen molar-refractivity contribution >= 4 is 22.5 Å². The molecule has 4 N–H and O–H groups in total. The summed E-state index contributed by atoms with van der Waals surface area (Å²) in [4.78, 5) is 12.8. The second-order valence-corrected chi connectivity index (χ2v) is 9.01. The van der Waals surface area contributed by atoms with E-state index in [2.05, 4.69) is 23.5 Å². The summed E-state index contributed by atoms with van der Waals surface area (Å²) in [5.74, 6) is 0.942. The number of carbonyl (C=O) groups excluding carboxylic acids is 1. The molecule has 1 aliphatic heterocycles. The minimum atomic E-state index is -0.180. The van der Waals surface area contributed by atoms with Crippen molar-refractivity contribution in [3.05, 3.63) is 47.7 Å². The first-order valence-electron chi connectivity index (χ1n) is 11.6. The molecular formula is C26H31N3O3. The predicted molar refractivity (Wildman–Crippen MR) is 127 cm³/mol. The Morgan fingerprint density at radius 2 is 1.94 bits per heavy atom. The Balaban J connectivity index is 1.63. The number of aliphatic hydroxyl groups is 1. The highest BCUT2D eigenvalue weighted by Crippen LogP contribution is 2.41. The number of nitrogens with zero attached hydrogens (tertiary/aromatic N) is 1. The van der Waals surface area contributed by atoms with Crippen LogP contribution < -0.4 is 15.8 Å². The monoisotopic (exact) mass is 433 g/mol. The van der Waals surface area contributed by atoms with Crippen LogP contribution in [0.4, 0.5) is 5.69 Å². The molecule has 0 amide bonds. The normalized spacial score (nSPS) is 20.9. The third-order valence-electron chi connectivity index (χ3n) is 7.00. The fraction of sp³-hybridized carbons (Fsp3) is 0.423. The van der Waals surface area contributed by atoms with E-state index in [0.717, 1.165) is 83.2 Å². The number of nitrogens with one attached hydrogen (secondary N) is 1. The van der Waals surface area contributed by atoms with Gasteiger partial charge in [0.15, 0.2) is 0 Å². The minimum Gasteiger partial charge on any atom is -0.497 e. The van der Waals surface area contributed by atoms with Gasteiger partial charge in [-0.25, -0.2) is 0 Å². The molecule has 2 heterocycles. The average Bonchev–Trinajstić information content (AvgIpc) is 3.15. The number of carbonyl (C=O) groups is 1. The summed E-state index contributed by atoms with van der Waals surface area (Å²) in [6, 6.07) is 12.7. The van der Waals surface area contributed by atoms with Gasteiger partial charge < -0.3 is 20.9 Å². The Morgan fingerprint density at radius 3 is 2.69 bits per heavy atom. The van der Waals surface area contributed by atoms with Gasteiger partial charge in [-0.3, -0.25) is 9.36 Å². The fourth-order valence-corrected chi connectivity index (χ4v) is 5.30. The Kier molecular flexibility index (Phi) is 5.66. The van der Waals surface area contributed by atoms with E-state index >= 15 is 0 Å². The quantitative estimate of drug-likeness (QED) is 0.552. The van der Waals surface area contributed by atoms with E-state index in [-0.39, 0.29) is 12.0 Å². The number of aromatic nitrogens is 1. The summed E-state index contributed by atoms with van der Waals surface area (Å²) >= 11 is 0. The Labute approximate surface area is 188 Å². The molecule has 0 radical (unpaired) electrons. The van der Waals surface area contributed by atoms with Gasteiger partial charge in [-0.05, 0) is 73.9 Å². The summed E-state index contributed by atoms with van der Waals surface area (Å²) in [5.41, 5.74) is 12.4. The average molecular weight is 434 g/mol. The number of rotatable bonds is 5. The van der Waals surface area contributed by atoms with Crippen LogP contribution in [0.5, 0.6) is 5.75 Å². The van der Waals surface area contributed by atoms with Gasteiger partial charge in [0.2, 0.25) is 5.91 Å². The summed E-state index contributed by atoms with van der Waals surface area (Å²) in [7, 11) is 1.67. The highest BCUT2D eigenvalue weighted by molar-refractivity contribution is 6.05. The van der Waals surface area contributed by atoms with E-state index in [9.17, 15) is 9.90 Å². The lowest BCUT2D eigenvalue weighted by molar-refractivity contribution is 0.0890. The van der Waals surface area contributed by atoms with E-state index in [1.165, 1.54) is 0 Å². The van der Waals surface area contributed by atoms with Crippen molar-refractivity contribution in [1.29, 1.82) is 0 Å². The molecule has 0 bridgehead atoms. The molecule has 1 aliphatic carbocycles. The molecule has 1 aromatic heterocycles. The summed E-state index contributed by atoms with van der Waals surface area (Å²) in [6.07, 6.45) is 5.70. The number of anilines is 1. The van der Waals surface area contributed by atoms with Gasteiger partial charge in [-0.2, -0.15) is 0 Å². The molecule has 2 aliphatic rings. The molecule has 1 fully saturated rings. The molecule has 32 heavy (non-hydrogen) atoms. The molecular weight excluding hydrogens is 402 g/mol. The SMILES string of the molecule is COc1ccc2c(c1)c(-c1ccc(CN)c(NC3CCC(O)CC3)c1)c1n2C(=O)CCC1.